The van der Waals surface area contributed by atoms with Crippen molar-refractivity contribution in [3.63, 3.8) is 0 Å². The molecule has 0 aliphatic rings. The summed E-state index contributed by atoms with van der Waals surface area (Å²) < 4.78 is 18.6. The van der Waals surface area contributed by atoms with E-state index in [2.05, 4.69) is 10.3 Å². The minimum Gasteiger partial charge on any atom is -0.382 e. The third-order valence-corrected chi connectivity index (χ3v) is 3.10. The normalized spacial score (nSPS) is 10.8. The number of pyridine rings is 1. The van der Waals surface area contributed by atoms with Crippen molar-refractivity contribution in [2.45, 2.75) is 20.3 Å². The quantitative estimate of drug-likeness (QED) is 0.832. The topological polar surface area (TPSA) is 51.2 Å². The lowest BCUT2D eigenvalue weighted by Crippen LogP contribution is -2.25. The molecule has 0 unspecified atom stereocenters. The van der Waals surface area contributed by atoms with Crippen LogP contribution in [0.25, 0.3) is 10.9 Å². The van der Waals surface area contributed by atoms with Crippen molar-refractivity contribution < 1.29 is 13.9 Å². The van der Waals surface area contributed by atoms with Gasteiger partial charge in [0.15, 0.2) is 0 Å². The molecule has 1 amide bonds. The molecule has 5 heteroatoms. The molecule has 0 aliphatic heterocycles. The highest BCUT2D eigenvalue weighted by atomic mass is 19.1. The summed E-state index contributed by atoms with van der Waals surface area (Å²) in [4.78, 5) is 16.6. The number of carbonyl (C=O) groups excluding carboxylic acids is 1. The van der Waals surface area contributed by atoms with Gasteiger partial charge in [-0.05, 0) is 44.5 Å². The smallest absolute Gasteiger partial charge is 0.252 e. The maximum Gasteiger partial charge on any atom is 0.252 e. The molecule has 0 fully saturated rings. The van der Waals surface area contributed by atoms with Crippen LogP contribution in [0.15, 0.2) is 24.3 Å². The van der Waals surface area contributed by atoms with Gasteiger partial charge in [0.2, 0.25) is 0 Å². The summed E-state index contributed by atoms with van der Waals surface area (Å²) in [6, 6.07) is 5.96. The number of amides is 1. The molecule has 0 saturated carbocycles. The Morgan fingerprint density at radius 2 is 2.19 bits per heavy atom. The lowest BCUT2D eigenvalue weighted by Gasteiger charge is -2.09. The fourth-order valence-electron chi connectivity index (χ4n) is 2.13. The lowest BCUT2D eigenvalue weighted by atomic mass is 10.1. The number of hydrogen-bond acceptors (Lipinski definition) is 3. The van der Waals surface area contributed by atoms with Gasteiger partial charge in [0.1, 0.15) is 5.82 Å². The van der Waals surface area contributed by atoms with Gasteiger partial charge in [-0.15, -0.1) is 0 Å². The molecule has 2 rings (SSSR count). The highest BCUT2D eigenvalue weighted by molar-refractivity contribution is 6.06. The number of fused-ring (bicyclic) bond motifs is 1. The van der Waals surface area contributed by atoms with Crippen molar-refractivity contribution in [1.29, 1.82) is 0 Å². The third-order valence-electron chi connectivity index (χ3n) is 3.10. The Bertz CT molecular complexity index is 643. The number of aromatic nitrogens is 1. The average Bonchev–Trinajstić information content (AvgIpc) is 2.46. The molecule has 1 aromatic carbocycles. The molecule has 0 aliphatic carbocycles. The van der Waals surface area contributed by atoms with E-state index in [-0.39, 0.29) is 11.7 Å². The molecule has 4 nitrogen and oxygen atoms in total. The maximum absolute atomic E-state index is 13.4. The zero-order chi connectivity index (χ0) is 15.2. The van der Waals surface area contributed by atoms with E-state index in [1.807, 2.05) is 13.8 Å². The zero-order valence-electron chi connectivity index (χ0n) is 12.3. The Kier molecular flexibility index (Phi) is 5.22. The van der Waals surface area contributed by atoms with Gasteiger partial charge in [-0.25, -0.2) is 4.39 Å². The third kappa shape index (κ3) is 3.98. The molecular formula is C16H19FN2O2. The summed E-state index contributed by atoms with van der Waals surface area (Å²) in [7, 11) is 0. The van der Waals surface area contributed by atoms with Gasteiger partial charge in [0, 0.05) is 30.8 Å². The number of rotatable bonds is 6. The molecular weight excluding hydrogens is 271 g/mol. The van der Waals surface area contributed by atoms with Gasteiger partial charge in [0.25, 0.3) is 5.91 Å². The zero-order valence-corrected chi connectivity index (χ0v) is 12.3. The van der Waals surface area contributed by atoms with Crippen LogP contribution in [0, 0.1) is 12.7 Å². The molecule has 0 radical (unpaired) electrons. The minimum absolute atomic E-state index is 0.215. The minimum atomic E-state index is -0.376. The van der Waals surface area contributed by atoms with Crippen molar-refractivity contribution >= 4 is 16.8 Å². The number of halogens is 1. The first-order valence-corrected chi connectivity index (χ1v) is 7.04. The summed E-state index contributed by atoms with van der Waals surface area (Å²) in [6.07, 6.45) is 0.746. The van der Waals surface area contributed by atoms with Gasteiger partial charge in [0.05, 0.1) is 11.1 Å². The molecule has 0 spiro atoms. The van der Waals surface area contributed by atoms with Crippen LogP contribution >= 0.6 is 0 Å². The number of hydrogen-bond donors (Lipinski definition) is 1. The number of nitrogens with zero attached hydrogens (tertiary/aromatic N) is 1. The summed E-state index contributed by atoms with van der Waals surface area (Å²) in [5.41, 5.74) is 1.80. The van der Waals surface area contributed by atoms with Crippen LogP contribution < -0.4 is 5.32 Å². The number of carbonyl (C=O) groups is 1. The van der Waals surface area contributed by atoms with E-state index >= 15 is 0 Å². The highest BCUT2D eigenvalue weighted by Crippen LogP contribution is 2.19. The van der Waals surface area contributed by atoms with Crippen molar-refractivity contribution in [3.8, 4) is 0 Å². The van der Waals surface area contributed by atoms with Crippen molar-refractivity contribution in [1.82, 2.24) is 10.3 Å². The van der Waals surface area contributed by atoms with Crippen LogP contribution in [0.3, 0.4) is 0 Å². The molecule has 0 bridgehead atoms. The first-order chi connectivity index (χ1) is 10.1. The molecule has 21 heavy (non-hydrogen) atoms. The van der Waals surface area contributed by atoms with Crippen LogP contribution in [0.4, 0.5) is 4.39 Å². The number of nitrogens with one attached hydrogen (secondary N) is 1. The van der Waals surface area contributed by atoms with E-state index in [1.165, 1.54) is 12.1 Å². The van der Waals surface area contributed by atoms with Crippen LogP contribution in [0.2, 0.25) is 0 Å². The monoisotopic (exact) mass is 290 g/mol. The van der Waals surface area contributed by atoms with Crippen LogP contribution in [-0.2, 0) is 4.74 Å². The summed E-state index contributed by atoms with van der Waals surface area (Å²) >= 11 is 0. The second kappa shape index (κ2) is 7.13. The standard InChI is InChI=1S/C16H19FN2O2/c1-3-21-8-4-7-18-16(20)14-9-11(2)19-15-6-5-12(17)10-13(14)15/h5-6,9-10H,3-4,7-8H2,1-2H3,(H,18,20). The van der Waals surface area contributed by atoms with Gasteiger partial charge in [-0.2, -0.15) is 0 Å². The van der Waals surface area contributed by atoms with E-state index in [9.17, 15) is 9.18 Å². The van der Waals surface area contributed by atoms with E-state index in [0.29, 0.717) is 36.2 Å². The largest absolute Gasteiger partial charge is 0.382 e. The van der Waals surface area contributed by atoms with Crippen LogP contribution in [-0.4, -0.2) is 30.6 Å². The molecule has 2 aromatic rings. The average molecular weight is 290 g/mol. The highest BCUT2D eigenvalue weighted by Gasteiger charge is 2.12. The summed E-state index contributed by atoms with van der Waals surface area (Å²) in [6.45, 7) is 5.55. The summed E-state index contributed by atoms with van der Waals surface area (Å²) in [5, 5.41) is 3.36. The van der Waals surface area contributed by atoms with Crippen molar-refractivity contribution in [2.24, 2.45) is 0 Å². The second-order valence-corrected chi connectivity index (χ2v) is 4.78. The van der Waals surface area contributed by atoms with E-state index in [4.69, 9.17) is 4.74 Å². The Hall–Kier alpha value is -2.01. The molecule has 0 saturated heterocycles. The Labute approximate surface area is 123 Å². The Balaban J connectivity index is 2.16. The van der Waals surface area contributed by atoms with Crippen molar-refractivity contribution in [2.75, 3.05) is 19.8 Å². The number of benzene rings is 1. The fourth-order valence-corrected chi connectivity index (χ4v) is 2.13. The fraction of sp³-hybridized carbons (Fsp3) is 0.375. The molecule has 0 atom stereocenters. The van der Waals surface area contributed by atoms with Gasteiger partial charge >= 0.3 is 0 Å². The maximum atomic E-state index is 13.4. The first kappa shape index (κ1) is 15.4. The first-order valence-electron chi connectivity index (χ1n) is 7.04. The second-order valence-electron chi connectivity index (χ2n) is 4.78. The number of ether oxygens (including phenoxy) is 1. The SMILES string of the molecule is CCOCCCNC(=O)c1cc(C)nc2ccc(F)cc12. The van der Waals surface area contributed by atoms with Crippen LogP contribution in [0.5, 0.6) is 0 Å². The van der Waals surface area contributed by atoms with Gasteiger partial charge in [-0.3, -0.25) is 9.78 Å². The van der Waals surface area contributed by atoms with Crippen LogP contribution in [0.1, 0.15) is 29.4 Å². The molecule has 1 N–H and O–H groups in total. The Morgan fingerprint density at radius 3 is 2.95 bits per heavy atom. The molecule has 1 aromatic heterocycles. The van der Waals surface area contributed by atoms with Crippen molar-refractivity contribution in [3.05, 3.63) is 41.3 Å². The Morgan fingerprint density at radius 1 is 1.38 bits per heavy atom. The van der Waals surface area contributed by atoms with E-state index < -0.39 is 0 Å². The summed E-state index contributed by atoms with van der Waals surface area (Å²) in [5.74, 6) is -0.592. The predicted octanol–water partition coefficient (Wildman–Crippen LogP) is 2.84. The lowest BCUT2D eigenvalue weighted by molar-refractivity contribution is 0.0945. The van der Waals surface area contributed by atoms with E-state index in [0.717, 1.165) is 12.1 Å². The van der Waals surface area contributed by atoms with Gasteiger partial charge < -0.3 is 10.1 Å². The number of aryl methyl sites for hydroxylation is 1. The van der Waals surface area contributed by atoms with Gasteiger partial charge in [-0.1, -0.05) is 0 Å². The molecule has 1 heterocycles. The molecule has 112 valence electrons. The predicted molar refractivity (Wildman–Crippen MR) is 79.9 cm³/mol. The van der Waals surface area contributed by atoms with E-state index in [1.54, 1.807) is 12.1 Å².